The molecule has 0 fully saturated rings. The van der Waals surface area contributed by atoms with E-state index in [2.05, 4.69) is 0 Å². The van der Waals surface area contributed by atoms with E-state index >= 15 is 0 Å². The Morgan fingerprint density at radius 1 is 1.24 bits per heavy atom. The summed E-state index contributed by atoms with van der Waals surface area (Å²) in [4.78, 5) is 12.0. The van der Waals surface area contributed by atoms with Crippen molar-refractivity contribution in [2.24, 2.45) is 5.92 Å². The summed E-state index contributed by atoms with van der Waals surface area (Å²) in [6.45, 7) is 6.42. The summed E-state index contributed by atoms with van der Waals surface area (Å²) in [6.07, 6.45) is 0.402. The minimum atomic E-state index is -0.481. The van der Waals surface area contributed by atoms with Gasteiger partial charge in [0.1, 0.15) is 5.75 Å². The molecule has 1 rings (SSSR count). The molecule has 0 heterocycles. The molecule has 17 heavy (non-hydrogen) atoms. The minimum Gasteiger partial charge on any atom is -0.425 e. The molecule has 0 bridgehead atoms. The van der Waals surface area contributed by atoms with Crippen LogP contribution in [0.15, 0.2) is 30.3 Å². The molecule has 3 nitrogen and oxygen atoms in total. The molecule has 0 aromatic heterocycles. The molecule has 2 unspecified atom stereocenters. The zero-order valence-corrected chi connectivity index (χ0v) is 10.7. The summed E-state index contributed by atoms with van der Waals surface area (Å²) in [5.41, 5.74) is 0. The molecule has 2 atom stereocenters. The number of rotatable bonds is 6. The van der Waals surface area contributed by atoms with Gasteiger partial charge in [-0.1, -0.05) is 38.5 Å². The molecule has 0 N–H and O–H groups in total. The lowest BCUT2D eigenvalue weighted by Gasteiger charge is -2.20. The fourth-order valence-electron chi connectivity index (χ4n) is 1.52. The van der Waals surface area contributed by atoms with E-state index < -0.39 is 6.10 Å². The Morgan fingerprint density at radius 3 is 2.41 bits per heavy atom. The largest absolute Gasteiger partial charge is 0.425 e. The Kier molecular flexibility index (Phi) is 5.70. The van der Waals surface area contributed by atoms with Gasteiger partial charge in [0.2, 0.25) is 0 Å². The maximum atomic E-state index is 12.0. The van der Waals surface area contributed by atoms with Crippen molar-refractivity contribution in [2.45, 2.75) is 33.3 Å². The summed E-state index contributed by atoms with van der Waals surface area (Å²) in [5.74, 6) is 0.407. The van der Waals surface area contributed by atoms with Gasteiger partial charge in [-0.3, -0.25) is 0 Å². The van der Waals surface area contributed by atoms with Crippen LogP contribution in [0.1, 0.15) is 27.2 Å². The summed E-state index contributed by atoms with van der Waals surface area (Å²) < 4.78 is 10.7. The lowest BCUT2D eigenvalue weighted by Crippen LogP contribution is -2.34. The van der Waals surface area contributed by atoms with Crippen molar-refractivity contribution < 1.29 is 14.3 Å². The second-order valence-electron chi connectivity index (χ2n) is 4.00. The predicted octanol–water partition coefficient (Wildman–Crippen LogP) is 3.04. The SMILES string of the molecule is CCOC(C(=O)Oc1ccccc1)C(C)CC. The monoisotopic (exact) mass is 236 g/mol. The third-order valence-electron chi connectivity index (χ3n) is 2.70. The molecule has 3 heteroatoms. The Labute approximate surface area is 103 Å². The highest BCUT2D eigenvalue weighted by molar-refractivity contribution is 5.77. The number of carbonyl (C=O) groups is 1. The molecule has 0 saturated heterocycles. The molecule has 0 spiro atoms. The molecule has 0 saturated carbocycles. The third-order valence-corrected chi connectivity index (χ3v) is 2.70. The topological polar surface area (TPSA) is 35.5 Å². The first-order chi connectivity index (χ1) is 8.19. The van der Waals surface area contributed by atoms with Gasteiger partial charge in [-0.05, 0) is 25.0 Å². The van der Waals surface area contributed by atoms with Crippen LogP contribution in [0.4, 0.5) is 0 Å². The van der Waals surface area contributed by atoms with Gasteiger partial charge in [-0.2, -0.15) is 0 Å². The molecule has 1 aromatic carbocycles. The van der Waals surface area contributed by atoms with Gasteiger partial charge in [0.25, 0.3) is 0 Å². The molecule has 0 aliphatic rings. The van der Waals surface area contributed by atoms with Crippen LogP contribution in [0.5, 0.6) is 5.75 Å². The third kappa shape index (κ3) is 4.19. The Hall–Kier alpha value is -1.35. The van der Waals surface area contributed by atoms with Crippen LogP contribution in [0.2, 0.25) is 0 Å². The van der Waals surface area contributed by atoms with Crippen LogP contribution in [0.25, 0.3) is 0 Å². The van der Waals surface area contributed by atoms with Crippen molar-refractivity contribution in [3.63, 3.8) is 0 Å². The maximum Gasteiger partial charge on any atom is 0.340 e. The zero-order valence-electron chi connectivity index (χ0n) is 10.7. The Morgan fingerprint density at radius 2 is 1.88 bits per heavy atom. The van der Waals surface area contributed by atoms with Gasteiger partial charge < -0.3 is 9.47 Å². The summed E-state index contributed by atoms with van der Waals surface area (Å²) in [6, 6.07) is 9.07. The minimum absolute atomic E-state index is 0.158. The van der Waals surface area contributed by atoms with E-state index in [0.29, 0.717) is 12.4 Å². The van der Waals surface area contributed by atoms with E-state index in [0.717, 1.165) is 6.42 Å². The number of hydrogen-bond acceptors (Lipinski definition) is 3. The number of hydrogen-bond donors (Lipinski definition) is 0. The molecule has 0 aliphatic carbocycles. The number of esters is 1. The summed E-state index contributed by atoms with van der Waals surface area (Å²) in [5, 5.41) is 0. The first-order valence-electron chi connectivity index (χ1n) is 6.07. The van der Waals surface area contributed by atoms with E-state index in [4.69, 9.17) is 9.47 Å². The van der Waals surface area contributed by atoms with Crippen molar-refractivity contribution in [3.8, 4) is 5.75 Å². The fourth-order valence-corrected chi connectivity index (χ4v) is 1.52. The smallest absolute Gasteiger partial charge is 0.340 e. The zero-order chi connectivity index (χ0) is 12.7. The van der Waals surface area contributed by atoms with E-state index in [9.17, 15) is 4.79 Å². The fraction of sp³-hybridized carbons (Fsp3) is 0.500. The van der Waals surface area contributed by atoms with Crippen LogP contribution in [-0.4, -0.2) is 18.7 Å². The van der Waals surface area contributed by atoms with E-state index in [1.807, 2.05) is 39.0 Å². The first kappa shape index (κ1) is 13.7. The van der Waals surface area contributed by atoms with Crippen molar-refractivity contribution in [2.75, 3.05) is 6.61 Å². The van der Waals surface area contributed by atoms with Gasteiger partial charge in [-0.25, -0.2) is 4.79 Å². The first-order valence-corrected chi connectivity index (χ1v) is 6.07. The number of carbonyl (C=O) groups excluding carboxylic acids is 1. The lowest BCUT2D eigenvalue weighted by molar-refractivity contribution is -0.150. The van der Waals surface area contributed by atoms with E-state index in [1.54, 1.807) is 12.1 Å². The van der Waals surface area contributed by atoms with E-state index in [-0.39, 0.29) is 11.9 Å². The second-order valence-corrected chi connectivity index (χ2v) is 4.00. The molecule has 1 aromatic rings. The average molecular weight is 236 g/mol. The normalized spacial score (nSPS) is 14.1. The van der Waals surface area contributed by atoms with Gasteiger partial charge >= 0.3 is 5.97 Å². The lowest BCUT2D eigenvalue weighted by atomic mass is 10.0. The van der Waals surface area contributed by atoms with Crippen molar-refractivity contribution in [1.29, 1.82) is 0 Å². The summed E-state index contributed by atoms with van der Waals surface area (Å²) in [7, 11) is 0. The van der Waals surface area contributed by atoms with Gasteiger partial charge in [-0.15, -0.1) is 0 Å². The predicted molar refractivity (Wildman–Crippen MR) is 66.9 cm³/mol. The van der Waals surface area contributed by atoms with Gasteiger partial charge in [0, 0.05) is 6.61 Å². The number of benzene rings is 1. The highest BCUT2D eigenvalue weighted by atomic mass is 16.6. The molecule has 0 radical (unpaired) electrons. The Balaban J connectivity index is 2.65. The van der Waals surface area contributed by atoms with Gasteiger partial charge in [0.15, 0.2) is 6.10 Å². The van der Waals surface area contributed by atoms with Crippen molar-refractivity contribution in [1.82, 2.24) is 0 Å². The van der Waals surface area contributed by atoms with Crippen molar-refractivity contribution >= 4 is 5.97 Å². The molecule has 0 aliphatic heterocycles. The van der Waals surface area contributed by atoms with Crippen molar-refractivity contribution in [3.05, 3.63) is 30.3 Å². The summed E-state index contributed by atoms with van der Waals surface area (Å²) >= 11 is 0. The average Bonchev–Trinajstić information content (AvgIpc) is 2.36. The van der Waals surface area contributed by atoms with Crippen LogP contribution < -0.4 is 4.74 Å². The van der Waals surface area contributed by atoms with Gasteiger partial charge in [0.05, 0.1) is 0 Å². The number of ether oxygens (including phenoxy) is 2. The van der Waals surface area contributed by atoms with E-state index in [1.165, 1.54) is 0 Å². The highest BCUT2D eigenvalue weighted by Crippen LogP contribution is 2.16. The quantitative estimate of drug-likeness (QED) is 0.562. The molecular weight excluding hydrogens is 216 g/mol. The Bertz CT molecular complexity index is 335. The van der Waals surface area contributed by atoms with Crippen LogP contribution in [0, 0.1) is 5.92 Å². The highest BCUT2D eigenvalue weighted by Gasteiger charge is 2.26. The van der Waals surface area contributed by atoms with Crippen LogP contribution >= 0.6 is 0 Å². The van der Waals surface area contributed by atoms with Crippen LogP contribution in [0.3, 0.4) is 0 Å². The molecule has 94 valence electrons. The molecule has 0 amide bonds. The number of para-hydroxylation sites is 1. The maximum absolute atomic E-state index is 12.0. The standard InChI is InChI=1S/C14H20O3/c1-4-11(3)13(16-5-2)14(15)17-12-9-7-6-8-10-12/h6-11,13H,4-5H2,1-3H3. The second kappa shape index (κ2) is 7.07. The molecular formula is C14H20O3. The van der Waals surface area contributed by atoms with Crippen LogP contribution in [-0.2, 0) is 9.53 Å².